The Bertz CT molecular complexity index is 298. The Balaban J connectivity index is 2.29. The van der Waals surface area contributed by atoms with Gasteiger partial charge in [0.25, 0.3) is 0 Å². The molecule has 0 saturated carbocycles. The third kappa shape index (κ3) is 1.61. The molecule has 0 aliphatic carbocycles. The minimum Gasteiger partial charge on any atom is -0.291 e. The zero-order valence-electron chi connectivity index (χ0n) is 8.21. The smallest absolute Gasteiger partial charge is 0.146 e. The van der Waals surface area contributed by atoms with Gasteiger partial charge in [0.2, 0.25) is 0 Å². The van der Waals surface area contributed by atoms with Crippen LogP contribution in [0.3, 0.4) is 0 Å². The van der Waals surface area contributed by atoms with E-state index in [1.165, 1.54) is 23.5 Å². The van der Waals surface area contributed by atoms with Gasteiger partial charge in [-0.3, -0.25) is 4.90 Å². The zero-order valence-corrected chi connectivity index (χ0v) is 9.03. The van der Waals surface area contributed by atoms with Gasteiger partial charge in [-0.1, -0.05) is 30.8 Å². The standard InChI is InChI=1S/C11H15NS/c1-3-8-12-9(2)13-11-7-5-4-6-10(11)12/h4-7,9H,3,8H2,1-2H3/p+1. The van der Waals surface area contributed by atoms with E-state index in [0.717, 1.165) is 0 Å². The molecule has 0 amide bonds. The predicted molar refractivity (Wildman–Crippen MR) is 57.5 cm³/mol. The monoisotopic (exact) mass is 194 g/mol. The van der Waals surface area contributed by atoms with Crippen molar-refractivity contribution in [3.63, 3.8) is 0 Å². The van der Waals surface area contributed by atoms with Gasteiger partial charge in [0.15, 0.2) is 0 Å². The predicted octanol–water partition coefficient (Wildman–Crippen LogP) is 2.06. The number of nitrogens with one attached hydrogen (secondary N) is 1. The van der Waals surface area contributed by atoms with Gasteiger partial charge < -0.3 is 0 Å². The maximum Gasteiger partial charge on any atom is 0.146 e. The number of fused-ring (bicyclic) bond motifs is 1. The van der Waals surface area contributed by atoms with E-state index in [1.807, 2.05) is 11.8 Å². The van der Waals surface area contributed by atoms with Crippen molar-refractivity contribution >= 4 is 17.4 Å². The molecule has 1 aromatic carbocycles. The van der Waals surface area contributed by atoms with Gasteiger partial charge in [-0.05, 0) is 19.4 Å². The van der Waals surface area contributed by atoms with E-state index in [0.29, 0.717) is 5.37 Å². The Morgan fingerprint density at radius 1 is 1.38 bits per heavy atom. The van der Waals surface area contributed by atoms with Crippen molar-refractivity contribution in [3.05, 3.63) is 24.3 Å². The van der Waals surface area contributed by atoms with E-state index in [-0.39, 0.29) is 0 Å². The van der Waals surface area contributed by atoms with Crippen LogP contribution < -0.4 is 4.90 Å². The SMILES string of the molecule is CCC[NH+]1c2ccccc2SC1C. The third-order valence-electron chi connectivity index (χ3n) is 2.55. The second kappa shape index (κ2) is 3.72. The first-order valence-corrected chi connectivity index (χ1v) is 5.82. The molecule has 1 aliphatic heterocycles. The molecule has 2 unspecified atom stereocenters. The van der Waals surface area contributed by atoms with Gasteiger partial charge in [0, 0.05) is 6.07 Å². The lowest BCUT2D eigenvalue weighted by Gasteiger charge is -2.16. The zero-order chi connectivity index (χ0) is 9.26. The Kier molecular flexibility index (Phi) is 2.61. The summed E-state index contributed by atoms with van der Waals surface area (Å²) in [5.41, 5.74) is 1.50. The highest BCUT2D eigenvalue weighted by molar-refractivity contribution is 8.00. The lowest BCUT2D eigenvalue weighted by atomic mass is 10.3. The van der Waals surface area contributed by atoms with E-state index in [9.17, 15) is 0 Å². The van der Waals surface area contributed by atoms with Crippen LogP contribution in [0.15, 0.2) is 29.2 Å². The van der Waals surface area contributed by atoms with Crippen molar-refractivity contribution in [2.75, 3.05) is 6.54 Å². The molecule has 2 atom stereocenters. The van der Waals surface area contributed by atoms with Crippen molar-refractivity contribution in [1.82, 2.24) is 0 Å². The molecule has 2 heteroatoms. The first-order valence-electron chi connectivity index (χ1n) is 4.94. The second-order valence-corrected chi connectivity index (χ2v) is 4.91. The third-order valence-corrected chi connectivity index (χ3v) is 3.79. The first kappa shape index (κ1) is 9.10. The summed E-state index contributed by atoms with van der Waals surface area (Å²) in [7, 11) is 0. The molecule has 0 radical (unpaired) electrons. The van der Waals surface area contributed by atoms with Crippen molar-refractivity contribution in [3.8, 4) is 0 Å². The highest BCUT2D eigenvalue weighted by atomic mass is 32.2. The topological polar surface area (TPSA) is 4.44 Å². The Labute approximate surface area is 84.1 Å². The summed E-state index contributed by atoms with van der Waals surface area (Å²) in [6.45, 7) is 5.83. The molecule has 13 heavy (non-hydrogen) atoms. The molecule has 0 spiro atoms. The first-order chi connectivity index (χ1) is 6.33. The van der Waals surface area contributed by atoms with Crippen LogP contribution in [0.4, 0.5) is 5.69 Å². The molecule has 1 heterocycles. The summed E-state index contributed by atoms with van der Waals surface area (Å²) in [5, 5.41) is 0.692. The van der Waals surface area contributed by atoms with E-state index in [2.05, 4.69) is 38.1 Å². The van der Waals surface area contributed by atoms with Crippen molar-refractivity contribution in [1.29, 1.82) is 0 Å². The van der Waals surface area contributed by atoms with E-state index in [4.69, 9.17) is 0 Å². The van der Waals surface area contributed by atoms with Crippen LogP contribution >= 0.6 is 11.8 Å². The summed E-state index contributed by atoms with van der Waals surface area (Å²) in [4.78, 5) is 3.11. The van der Waals surface area contributed by atoms with Crippen LogP contribution in [0, 0.1) is 0 Å². The van der Waals surface area contributed by atoms with Gasteiger partial charge in [0.05, 0.1) is 11.4 Å². The molecule has 70 valence electrons. The minimum absolute atomic E-state index is 0.692. The highest BCUT2D eigenvalue weighted by Crippen LogP contribution is 2.32. The molecule has 2 rings (SSSR count). The molecule has 0 fully saturated rings. The molecule has 0 aromatic heterocycles. The molecule has 0 bridgehead atoms. The average molecular weight is 194 g/mol. The van der Waals surface area contributed by atoms with Gasteiger partial charge in [-0.25, -0.2) is 0 Å². The van der Waals surface area contributed by atoms with Gasteiger partial charge in [-0.15, -0.1) is 0 Å². The number of para-hydroxylation sites is 1. The van der Waals surface area contributed by atoms with Crippen molar-refractivity contribution in [2.24, 2.45) is 0 Å². The number of hydrogen-bond donors (Lipinski definition) is 1. The normalized spacial score (nSPS) is 26.0. The van der Waals surface area contributed by atoms with Crippen LogP contribution in [0.2, 0.25) is 0 Å². The maximum absolute atomic E-state index is 2.32. The fraction of sp³-hybridized carbons (Fsp3) is 0.455. The van der Waals surface area contributed by atoms with Gasteiger partial charge in [-0.2, -0.15) is 0 Å². The van der Waals surface area contributed by atoms with E-state index >= 15 is 0 Å². The number of rotatable bonds is 2. The lowest BCUT2D eigenvalue weighted by Crippen LogP contribution is -3.08. The number of quaternary nitrogens is 1. The summed E-state index contributed by atoms with van der Waals surface area (Å²) in [5.74, 6) is 0. The fourth-order valence-corrected chi connectivity index (χ4v) is 3.17. The van der Waals surface area contributed by atoms with Crippen LogP contribution in [0.25, 0.3) is 0 Å². The molecule has 1 aliphatic rings. The summed E-state index contributed by atoms with van der Waals surface area (Å²) in [6, 6.07) is 8.77. The summed E-state index contributed by atoms with van der Waals surface area (Å²) < 4.78 is 0. The number of thioether (sulfide) groups is 1. The molecule has 1 nitrogen and oxygen atoms in total. The van der Waals surface area contributed by atoms with Crippen LogP contribution in [-0.2, 0) is 0 Å². The molecule has 1 aromatic rings. The Morgan fingerprint density at radius 2 is 2.15 bits per heavy atom. The minimum atomic E-state index is 0.692. The van der Waals surface area contributed by atoms with Crippen molar-refractivity contribution < 1.29 is 4.90 Å². The molecular formula is C11H16NS+. The van der Waals surface area contributed by atoms with E-state index < -0.39 is 0 Å². The largest absolute Gasteiger partial charge is 0.291 e. The van der Waals surface area contributed by atoms with Crippen LogP contribution in [0.5, 0.6) is 0 Å². The quantitative estimate of drug-likeness (QED) is 0.755. The Morgan fingerprint density at radius 3 is 2.92 bits per heavy atom. The highest BCUT2D eigenvalue weighted by Gasteiger charge is 2.30. The average Bonchev–Trinajstić information content (AvgIpc) is 2.44. The van der Waals surface area contributed by atoms with E-state index in [1.54, 1.807) is 4.90 Å². The van der Waals surface area contributed by atoms with Crippen LogP contribution in [0.1, 0.15) is 20.3 Å². The lowest BCUT2D eigenvalue weighted by molar-refractivity contribution is -0.840. The number of benzene rings is 1. The van der Waals surface area contributed by atoms with Crippen LogP contribution in [-0.4, -0.2) is 11.9 Å². The fourth-order valence-electron chi connectivity index (χ4n) is 1.92. The molecule has 0 saturated heterocycles. The van der Waals surface area contributed by atoms with Crippen molar-refractivity contribution in [2.45, 2.75) is 30.5 Å². The number of hydrogen-bond acceptors (Lipinski definition) is 1. The molecular weight excluding hydrogens is 178 g/mol. The molecule has 1 N–H and O–H groups in total. The summed E-state index contributed by atoms with van der Waals surface area (Å²) in [6.07, 6.45) is 1.26. The maximum atomic E-state index is 2.32. The Hall–Kier alpha value is -0.470. The van der Waals surface area contributed by atoms with Gasteiger partial charge in [0.1, 0.15) is 11.1 Å². The van der Waals surface area contributed by atoms with Gasteiger partial charge >= 0.3 is 0 Å². The second-order valence-electron chi connectivity index (χ2n) is 3.53. The summed E-state index contributed by atoms with van der Waals surface area (Å²) >= 11 is 2.00.